The number of nitrogen functional groups attached to an aromatic ring is 1. The Hall–Kier alpha value is -3.01. The fourth-order valence-corrected chi connectivity index (χ4v) is 1.79. The van der Waals surface area contributed by atoms with Crippen LogP contribution in [0.2, 0.25) is 0 Å². The number of nitrogens with two attached hydrogens (primary N) is 1. The number of allylic oxidation sites excluding steroid dienone is 3. The third kappa shape index (κ3) is 2.07. The van der Waals surface area contributed by atoms with Crippen LogP contribution in [0.1, 0.15) is 23.6 Å². The van der Waals surface area contributed by atoms with Crippen molar-refractivity contribution in [2.45, 2.75) is 6.92 Å². The Labute approximate surface area is 110 Å². The van der Waals surface area contributed by atoms with Gasteiger partial charge < -0.3 is 10.5 Å². The molecule has 0 unspecified atom stereocenters. The fourth-order valence-electron chi connectivity index (χ4n) is 1.79. The standard InChI is InChI=1S/C14H10N4O/c1-2-19-14-11(8-16)12(9-5-3-4-6-9)10(7-15)13(17)18-14/h3-5H,2H2,1H3,(H2,17,18). The van der Waals surface area contributed by atoms with Gasteiger partial charge in [0, 0.05) is 11.1 Å². The van der Waals surface area contributed by atoms with Crippen LogP contribution in [0.5, 0.6) is 5.88 Å². The number of ether oxygens (including phenoxy) is 1. The molecule has 2 N–H and O–H groups in total. The first kappa shape index (κ1) is 12.4. The van der Waals surface area contributed by atoms with Gasteiger partial charge in [0.1, 0.15) is 29.1 Å². The number of nitriles is 2. The number of hydrogen-bond acceptors (Lipinski definition) is 5. The predicted molar refractivity (Wildman–Crippen MR) is 69.9 cm³/mol. The normalized spacial score (nSPS) is 11.8. The number of hydrogen-bond donors (Lipinski definition) is 1. The number of nitrogens with zero attached hydrogens (tertiary/aromatic N) is 3. The zero-order valence-electron chi connectivity index (χ0n) is 10.3. The summed E-state index contributed by atoms with van der Waals surface area (Å²) in [5.41, 5.74) is 10.1. The summed E-state index contributed by atoms with van der Waals surface area (Å²) in [6.45, 7) is 2.14. The average Bonchev–Trinajstić information content (AvgIpc) is 2.92. The van der Waals surface area contributed by atoms with Crippen LogP contribution in [0.25, 0.3) is 5.57 Å². The van der Waals surface area contributed by atoms with Gasteiger partial charge in [0.15, 0.2) is 0 Å². The van der Waals surface area contributed by atoms with E-state index in [2.05, 4.69) is 10.7 Å². The van der Waals surface area contributed by atoms with E-state index in [1.54, 1.807) is 25.2 Å². The van der Waals surface area contributed by atoms with Crippen LogP contribution in [0.15, 0.2) is 24.0 Å². The second-order valence-electron chi connectivity index (χ2n) is 3.67. The summed E-state index contributed by atoms with van der Waals surface area (Å²) in [4.78, 5) is 3.97. The molecule has 0 saturated carbocycles. The Bertz CT molecular complexity index is 710. The molecule has 0 saturated heterocycles. The maximum Gasteiger partial charge on any atom is 0.234 e. The first-order chi connectivity index (χ1) is 9.22. The topological polar surface area (TPSA) is 95.7 Å². The van der Waals surface area contributed by atoms with E-state index in [4.69, 9.17) is 10.5 Å². The minimum absolute atomic E-state index is 0.0505. The number of anilines is 1. The summed E-state index contributed by atoms with van der Waals surface area (Å²) >= 11 is 0. The monoisotopic (exact) mass is 250 g/mol. The molecule has 0 radical (unpaired) electrons. The zero-order chi connectivity index (χ0) is 13.8. The second-order valence-corrected chi connectivity index (χ2v) is 3.67. The minimum Gasteiger partial charge on any atom is -0.477 e. The van der Waals surface area contributed by atoms with Gasteiger partial charge in [-0.3, -0.25) is 0 Å². The van der Waals surface area contributed by atoms with Crippen LogP contribution in [0, 0.1) is 22.7 Å². The van der Waals surface area contributed by atoms with Crippen LogP contribution >= 0.6 is 0 Å². The molecule has 5 heteroatoms. The summed E-state index contributed by atoms with van der Waals surface area (Å²) in [6.07, 6.45) is 5.23. The second kappa shape index (κ2) is 5.10. The van der Waals surface area contributed by atoms with Gasteiger partial charge in [-0.05, 0) is 19.1 Å². The van der Waals surface area contributed by atoms with Crippen LogP contribution in [-0.2, 0) is 0 Å². The van der Waals surface area contributed by atoms with Crippen molar-refractivity contribution in [3.05, 3.63) is 40.6 Å². The zero-order valence-corrected chi connectivity index (χ0v) is 10.3. The van der Waals surface area contributed by atoms with Gasteiger partial charge in [0.2, 0.25) is 5.88 Å². The van der Waals surface area contributed by atoms with Crippen molar-refractivity contribution in [1.82, 2.24) is 4.98 Å². The van der Waals surface area contributed by atoms with Crippen molar-refractivity contribution < 1.29 is 4.74 Å². The molecular weight excluding hydrogens is 240 g/mol. The molecule has 1 aromatic rings. The smallest absolute Gasteiger partial charge is 0.234 e. The van der Waals surface area contributed by atoms with Gasteiger partial charge >= 0.3 is 0 Å². The maximum atomic E-state index is 9.30. The van der Waals surface area contributed by atoms with Gasteiger partial charge in [-0.1, -0.05) is 6.08 Å². The molecule has 0 amide bonds. The molecule has 0 aliphatic heterocycles. The van der Waals surface area contributed by atoms with Crippen LogP contribution in [-0.4, -0.2) is 11.6 Å². The lowest BCUT2D eigenvalue weighted by atomic mass is 9.97. The summed E-state index contributed by atoms with van der Waals surface area (Å²) in [6, 6.07) is 4.01. The highest BCUT2D eigenvalue weighted by Crippen LogP contribution is 2.33. The van der Waals surface area contributed by atoms with Crippen molar-refractivity contribution >= 4 is 11.4 Å². The Morgan fingerprint density at radius 3 is 2.63 bits per heavy atom. The summed E-state index contributed by atoms with van der Waals surface area (Å²) in [7, 11) is 0. The van der Waals surface area contributed by atoms with Crippen molar-refractivity contribution in [2.75, 3.05) is 12.3 Å². The van der Waals surface area contributed by atoms with E-state index in [1.165, 1.54) is 0 Å². The number of pyridine rings is 1. The van der Waals surface area contributed by atoms with Crippen molar-refractivity contribution in [2.24, 2.45) is 0 Å². The Kier molecular flexibility index (Phi) is 3.34. The SMILES string of the molecule is CCOc1nc(N)c(C#N)c(C2=C=CC=C2)c1C#N. The number of aromatic nitrogens is 1. The molecule has 0 spiro atoms. The molecule has 5 nitrogen and oxygen atoms in total. The number of rotatable bonds is 3. The van der Waals surface area contributed by atoms with Crippen molar-refractivity contribution in [1.29, 1.82) is 10.5 Å². The molecule has 1 aliphatic rings. The molecule has 1 aliphatic carbocycles. The molecule has 1 heterocycles. The highest BCUT2D eigenvalue weighted by molar-refractivity contribution is 5.86. The predicted octanol–water partition coefficient (Wildman–Crippen LogP) is 1.91. The molecule has 0 fully saturated rings. The molecule has 92 valence electrons. The van der Waals surface area contributed by atoms with Crippen LogP contribution < -0.4 is 10.5 Å². The van der Waals surface area contributed by atoms with E-state index in [9.17, 15) is 10.5 Å². The lowest BCUT2D eigenvalue weighted by Gasteiger charge is -2.12. The largest absolute Gasteiger partial charge is 0.477 e. The summed E-state index contributed by atoms with van der Waals surface area (Å²) in [5.74, 6) is 0.195. The average molecular weight is 250 g/mol. The third-order valence-corrected chi connectivity index (χ3v) is 2.56. The highest BCUT2D eigenvalue weighted by atomic mass is 16.5. The Balaban J connectivity index is 2.81. The van der Waals surface area contributed by atoms with Gasteiger partial charge in [0.25, 0.3) is 0 Å². The van der Waals surface area contributed by atoms with E-state index in [0.717, 1.165) is 0 Å². The van der Waals surface area contributed by atoms with Crippen molar-refractivity contribution in [3.8, 4) is 18.0 Å². The Morgan fingerprint density at radius 2 is 2.11 bits per heavy atom. The van der Waals surface area contributed by atoms with E-state index < -0.39 is 0 Å². The highest BCUT2D eigenvalue weighted by Gasteiger charge is 2.21. The van der Waals surface area contributed by atoms with E-state index in [1.807, 2.05) is 12.1 Å². The molecular formula is C14H10N4O. The summed E-state index contributed by atoms with van der Waals surface area (Å²) in [5, 5.41) is 18.5. The minimum atomic E-state index is 0.0505. The van der Waals surface area contributed by atoms with Gasteiger partial charge in [-0.25, -0.2) is 0 Å². The van der Waals surface area contributed by atoms with Crippen molar-refractivity contribution in [3.63, 3.8) is 0 Å². The van der Waals surface area contributed by atoms with Gasteiger partial charge in [0.05, 0.1) is 6.61 Å². The lowest BCUT2D eigenvalue weighted by molar-refractivity contribution is 0.326. The molecule has 0 aromatic carbocycles. The third-order valence-electron chi connectivity index (χ3n) is 2.56. The molecule has 2 rings (SSSR count). The quantitative estimate of drug-likeness (QED) is 0.826. The summed E-state index contributed by atoms with van der Waals surface area (Å²) < 4.78 is 5.31. The first-order valence-electron chi connectivity index (χ1n) is 5.63. The first-order valence-corrected chi connectivity index (χ1v) is 5.63. The van der Waals surface area contributed by atoms with E-state index >= 15 is 0 Å². The molecule has 0 atom stereocenters. The van der Waals surface area contributed by atoms with E-state index in [-0.39, 0.29) is 22.8 Å². The van der Waals surface area contributed by atoms with Crippen LogP contribution in [0.3, 0.4) is 0 Å². The molecule has 19 heavy (non-hydrogen) atoms. The van der Waals surface area contributed by atoms with Gasteiger partial charge in [-0.15, -0.1) is 5.73 Å². The van der Waals surface area contributed by atoms with E-state index in [0.29, 0.717) is 17.7 Å². The Morgan fingerprint density at radius 1 is 1.37 bits per heavy atom. The maximum absolute atomic E-state index is 9.30. The lowest BCUT2D eigenvalue weighted by Crippen LogP contribution is -2.07. The fraction of sp³-hybridized carbons (Fsp3) is 0.143. The van der Waals surface area contributed by atoms with Gasteiger partial charge in [-0.2, -0.15) is 15.5 Å². The molecule has 1 aromatic heterocycles. The molecule has 0 bridgehead atoms. The van der Waals surface area contributed by atoms with Crippen LogP contribution in [0.4, 0.5) is 5.82 Å².